The fourth-order valence-electron chi connectivity index (χ4n) is 4.25. The molecule has 3 aromatic rings. The van der Waals surface area contributed by atoms with Crippen molar-refractivity contribution >= 4 is 41.0 Å². The van der Waals surface area contributed by atoms with Gasteiger partial charge in [0.05, 0.1) is 6.20 Å². The van der Waals surface area contributed by atoms with E-state index >= 15 is 0 Å². The predicted molar refractivity (Wildman–Crippen MR) is 155 cm³/mol. The molecule has 0 radical (unpaired) electrons. The van der Waals surface area contributed by atoms with Crippen LogP contribution in [0.25, 0.3) is 0 Å². The maximum Gasteiger partial charge on any atom is 0.410 e. The van der Waals surface area contributed by atoms with E-state index in [1.54, 1.807) is 17.3 Å². The first-order chi connectivity index (χ1) is 18.9. The number of carbonyl (C=O) groups excluding carboxylic acids is 2. The van der Waals surface area contributed by atoms with E-state index in [1.165, 1.54) is 0 Å². The van der Waals surface area contributed by atoms with Crippen molar-refractivity contribution in [3.8, 4) is 0 Å². The number of carbonyl (C=O) groups is 2. The second-order valence-electron chi connectivity index (χ2n) is 11.4. The van der Waals surface area contributed by atoms with E-state index in [0.717, 1.165) is 28.3 Å². The van der Waals surface area contributed by atoms with Crippen molar-refractivity contribution in [2.24, 2.45) is 0 Å². The quantitative estimate of drug-likeness (QED) is 0.409. The number of nitrogens with one attached hydrogen (secondary N) is 2. The predicted octanol–water partition coefficient (Wildman–Crippen LogP) is 3.64. The van der Waals surface area contributed by atoms with E-state index in [1.807, 2.05) is 83.2 Å². The summed E-state index contributed by atoms with van der Waals surface area (Å²) >= 11 is 0. The molecule has 3 heterocycles. The highest BCUT2D eigenvalue weighted by molar-refractivity contribution is 5.97. The molecular formula is C29H39N8O3+. The van der Waals surface area contributed by atoms with Crippen LogP contribution in [0.15, 0.2) is 42.7 Å². The van der Waals surface area contributed by atoms with Crippen LogP contribution < -0.4 is 20.9 Å². The molecule has 0 atom stereocenters. The molecule has 4 rings (SSSR count). The van der Waals surface area contributed by atoms with Gasteiger partial charge in [-0.15, -0.1) is 0 Å². The van der Waals surface area contributed by atoms with Crippen molar-refractivity contribution in [1.82, 2.24) is 25.2 Å². The molecule has 2 amide bonds. The van der Waals surface area contributed by atoms with Crippen molar-refractivity contribution in [3.05, 3.63) is 59.4 Å². The molecule has 1 aromatic carbocycles. The molecule has 11 heteroatoms. The minimum atomic E-state index is -0.529. The lowest BCUT2D eigenvalue weighted by molar-refractivity contribution is -0.483. The number of hydrogen-bond acceptors (Lipinski definition) is 8. The second kappa shape index (κ2) is 11.9. The van der Waals surface area contributed by atoms with Crippen LogP contribution in [0, 0.1) is 0 Å². The highest BCUT2D eigenvalue weighted by atomic mass is 16.6. The average Bonchev–Trinajstić information content (AvgIpc) is 2.87. The minimum absolute atomic E-state index is 0.0267. The molecular weight excluding hydrogens is 508 g/mol. The third-order valence-electron chi connectivity index (χ3n) is 6.14. The summed E-state index contributed by atoms with van der Waals surface area (Å²) in [6.07, 6.45) is 3.69. The number of nitrogens with two attached hydrogens (primary N) is 1. The average molecular weight is 548 g/mol. The van der Waals surface area contributed by atoms with Crippen molar-refractivity contribution in [3.63, 3.8) is 0 Å². The fraction of sp³-hybridized carbons (Fsp3) is 0.414. The zero-order valence-corrected chi connectivity index (χ0v) is 24.3. The van der Waals surface area contributed by atoms with Crippen molar-refractivity contribution in [2.45, 2.75) is 59.2 Å². The van der Waals surface area contributed by atoms with E-state index < -0.39 is 5.60 Å². The molecule has 4 N–H and O–H groups in total. The largest absolute Gasteiger partial charge is 0.444 e. The van der Waals surface area contributed by atoms with E-state index in [2.05, 4.69) is 26.7 Å². The van der Waals surface area contributed by atoms with Crippen LogP contribution in [0.3, 0.4) is 0 Å². The Balaban J connectivity index is 1.55. The van der Waals surface area contributed by atoms with Crippen molar-refractivity contribution in [1.29, 1.82) is 0 Å². The Morgan fingerprint density at radius 1 is 1.10 bits per heavy atom. The van der Waals surface area contributed by atoms with Gasteiger partial charge in [0.25, 0.3) is 5.91 Å². The molecule has 0 saturated heterocycles. The van der Waals surface area contributed by atoms with Crippen LogP contribution in [-0.4, -0.2) is 64.1 Å². The van der Waals surface area contributed by atoms with Crippen molar-refractivity contribution < 1.29 is 19.6 Å². The van der Waals surface area contributed by atoms with Gasteiger partial charge in [0.1, 0.15) is 22.7 Å². The van der Waals surface area contributed by atoms with Crippen LogP contribution in [-0.2, 0) is 17.7 Å². The maximum absolute atomic E-state index is 12.9. The van der Waals surface area contributed by atoms with Gasteiger partial charge in [-0.1, -0.05) is 6.07 Å². The Labute approximate surface area is 235 Å². The first-order valence-corrected chi connectivity index (χ1v) is 13.4. The van der Waals surface area contributed by atoms with E-state index in [0.29, 0.717) is 36.8 Å². The molecule has 0 unspecified atom stereocenters. The highest BCUT2D eigenvalue weighted by Gasteiger charge is 2.26. The van der Waals surface area contributed by atoms with Gasteiger partial charge in [-0.2, -0.15) is 4.98 Å². The number of nitrogens with zero attached hydrogens (tertiary/aromatic N) is 5. The SMILES string of the molecule is CC(C)NC(=O)c1cnc(Nc2ccc3c(c2)CCN(C(=O)OC(C)(C)C)C3)nc1[NH2+]c1ccnc(N(C)C)c1. The van der Waals surface area contributed by atoms with E-state index in [9.17, 15) is 9.59 Å². The van der Waals surface area contributed by atoms with Gasteiger partial charge in [0, 0.05) is 57.2 Å². The number of fused-ring (bicyclic) bond motifs is 1. The third kappa shape index (κ3) is 7.44. The third-order valence-corrected chi connectivity index (χ3v) is 6.14. The van der Waals surface area contributed by atoms with Gasteiger partial charge < -0.3 is 25.2 Å². The summed E-state index contributed by atoms with van der Waals surface area (Å²) in [5, 5.41) is 8.06. The maximum atomic E-state index is 12.9. The normalized spacial score (nSPS) is 13.1. The highest BCUT2D eigenvalue weighted by Crippen LogP contribution is 2.26. The summed E-state index contributed by atoms with van der Waals surface area (Å²) in [7, 11) is 3.85. The number of benzene rings is 1. The topological polar surface area (TPSA) is 129 Å². The zero-order chi connectivity index (χ0) is 29.0. The molecule has 0 bridgehead atoms. The van der Waals surface area contributed by atoms with Gasteiger partial charge in [0.2, 0.25) is 11.8 Å². The summed E-state index contributed by atoms with van der Waals surface area (Å²) < 4.78 is 5.54. The number of pyridine rings is 1. The minimum Gasteiger partial charge on any atom is -0.444 e. The molecule has 40 heavy (non-hydrogen) atoms. The van der Waals surface area contributed by atoms with Crippen LogP contribution >= 0.6 is 0 Å². The number of quaternary nitrogens is 1. The number of hydrogen-bond donors (Lipinski definition) is 3. The molecule has 1 aliphatic heterocycles. The Hall–Kier alpha value is -4.25. The molecule has 212 valence electrons. The van der Waals surface area contributed by atoms with E-state index in [4.69, 9.17) is 9.72 Å². The number of ether oxygens (including phenoxy) is 1. The molecule has 11 nitrogen and oxygen atoms in total. The van der Waals surface area contributed by atoms with Gasteiger partial charge >= 0.3 is 6.09 Å². The molecule has 0 spiro atoms. The number of aromatic nitrogens is 3. The number of rotatable bonds is 7. The Bertz CT molecular complexity index is 1380. The molecule has 2 aromatic heterocycles. The first kappa shape index (κ1) is 28.8. The Morgan fingerprint density at radius 2 is 1.88 bits per heavy atom. The summed E-state index contributed by atoms with van der Waals surface area (Å²) in [6, 6.07) is 9.78. The van der Waals surface area contributed by atoms with Gasteiger partial charge in [0.15, 0.2) is 0 Å². The molecule has 1 aliphatic rings. The molecule has 0 saturated carbocycles. The fourth-order valence-corrected chi connectivity index (χ4v) is 4.25. The number of anilines is 3. The second-order valence-corrected chi connectivity index (χ2v) is 11.4. The monoisotopic (exact) mass is 547 g/mol. The van der Waals surface area contributed by atoms with Crippen molar-refractivity contribution in [2.75, 3.05) is 30.9 Å². The standard InChI is InChI=1S/C29H38N8O3/c1-18(2)32-26(38)23-16-31-27(35-25(23)33-22-10-12-30-24(15-22)36(6)7)34-21-9-8-20-17-37(13-11-19(20)14-21)28(39)40-29(3,4)5/h8-10,12,14-16,18H,11,13,17H2,1-7H3,(H,32,38)(H2,30,31,33,34,35)/p+1. The summed E-state index contributed by atoms with van der Waals surface area (Å²) in [6.45, 7) is 10.5. The van der Waals surface area contributed by atoms with Gasteiger partial charge in [-0.05, 0) is 64.3 Å². The summed E-state index contributed by atoms with van der Waals surface area (Å²) in [4.78, 5) is 42.6. The molecule has 0 aliphatic carbocycles. The van der Waals surface area contributed by atoms with Crippen LogP contribution in [0.2, 0.25) is 0 Å². The zero-order valence-electron chi connectivity index (χ0n) is 24.3. The Morgan fingerprint density at radius 3 is 2.58 bits per heavy atom. The van der Waals surface area contributed by atoms with Crippen LogP contribution in [0.1, 0.15) is 56.1 Å². The van der Waals surface area contributed by atoms with Crippen LogP contribution in [0.4, 0.5) is 33.8 Å². The number of amides is 2. The Kier molecular flexibility index (Phi) is 8.53. The lowest BCUT2D eigenvalue weighted by atomic mass is 9.99. The van der Waals surface area contributed by atoms with E-state index in [-0.39, 0.29) is 18.0 Å². The van der Waals surface area contributed by atoms with Gasteiger partial charge in [-0.3, -0.25) is 10.1 Å². The summed E-state index contributed by atoms with van der Waals surface area (Å²) in [5.74, 6) is 1.43. The smallest absolute Gasteiger partial charge is 0.410 e. The first-order valence-electron chi connectivity index (χ1n) is 13.4. The summed E-state index contributed by atoms with van der Waals surface area (Å²) in [5.41, 5.74) is 3.78. The molecule has 0 fully saturated rings. The lowest BCUT2D eigenvalue weighted by Gasteiger charge is -2.31. The van der Waals surface area contributed by atoms with Crippen LogP contribution in [0.5, 0.6) is 0 Å². The lowest BCUT2D eigenvalue weighted by Crippen LogP contribution is -2.72. The van der Waals surface area contributed by atoms with Gasteiger partial charge in [-0.25, -0.2) is 14.8 Å².